The van der Waals surface area contributed by atoms with Crippen LogP contribution in [-0.2, 0) is 9.53 Å². The van der Waals surface area contributed by atoms with Gasteiger partial charge in [0.15, 0.2) is 5.60 Å². The largest absolute Gasteiger partial charge is 0.467 e. The van der Waals surface area contributed by atoms with E-state index in [0.29, 0.717) is 0 Å². The van der Waals surface area contributed by atoms with E-state index in [0.717, 1.165) is 10.2 Å². The molecule has 1 aromatic carbocycles. The van der Waals surface area contributed by atoms with E-state index in [4.69, 9.17) is 0 Å². The van der Waals surface area contributed by atoms with Gasteiger partial charge in [-0.05, 0) is 25.1 Å². The molecular weight excluding hydrogens is 274 g/mol. The molecule has 1 aromatic rings. The number of hydrogen-bond acceptors (Lipinski definition) is 4. The van der Waals surface area contributed by atoms with Crippen LogP contribution >= 0.6 is 15.9 Å². The number of carbonyl (C=O) groups excluding carboxylic acids is 1. The number of halogens is 1. The zero-order valence-electron chi connectivity index (χ0n) is 9.16. The quantitative estimate of drug-likeness (QED) is 0.829. The van der Waals surface area contributed by atoms with Gasteiger partial charge in [-0.25, -0.2) is 4.79 Å². The summed E-state index contributed by atoms with van der Waals surface area (Å²) in [5.74, 6) is -0.657. The van der Waals surface area contributed by atoms with Gasteiger partial charge in [0.25, 0.3) is 0 Å². The number of carbonyl (C=O) groups is 1. The van der Waals surface area contributed by atoms with Gasteiger partial charge in [0.05, 0.1) is 13.7 Å². The highest BCUT2D eigenvalue weighted by Crippen LogP contribution is 2.16. The Morgan fingerprint density at radius 3 is 2.88 bits per heavy atom. The Bertz CT molecular complexity index is 379. The van der Waals surface area contributed by atoms with Crippen LogP contribution in [0.4, 0.5) is 5.69 Å². The second kappa shape index (κ2) is 5.32. The Morgan fingerprint density at radius 1 is 1.62 bits per heavy atom. The lowest BCUT2D eigenvalue weighted by Gasteiger charge is -2.21. The first-order valence-corrected chi connectivity index (χ1v) is 5.55. The fourth-order valence-corrected chi connectivity index (χ4v) is 1.56. The van der Waals surface area contributed by atoms with Gasteiger partial charge in [0.1, 0.15) is 0 Å². The van der Waals surface area contributed by atoms with Gasteiger partial charge in [0, 0.05) is 10.2 Å². The van der Waals surface area contributed by atoms with Crippen molar-refractivity contribution in [1.82, 2.24) is 0 Å². The summed E-state index contributed by atoms with van der Waals surface area (Å²) in [5, 5.41) is 12.7. The Hall–Kier alpha value is -1.07. The summed E-state index contributed by atoms with van der Waals surface area (Å²) in [6.07, 6.45) is 0. The first-order valence-electron chi connectivity index (χ1n) is 4.76. The number of benzene rings is 1. The third-order valence-electron chi connectivity index (χ3n) is 2.09. The van der Waals surface area contributed by atoms with E-state index >= 15 is 0 Å². The molecule has 0 heterocycles. The van der Waals surface area contributed by atoms with Crippen molar-refractivity contribution in [2.24, 2.45) is 0 Å². The molecule has 0 spiro atoms. The predicted octanol–water partition coefficient (Wildman–Crippen LogP) is 1.78. The molecule has 16 heavy (non-hydrogen) atoms. The maximum Gasteiger partial charge on any atom is 0.339 e. The second-order valence-corrected chi connectivity index (χ2v) is 4.55. The number of ether oxygens (including phenoxy) is 1. The SMILES string of the molecule is COC(=O)C(C)(O)CNc1cccc(Br)c1. The van der Waals surface area contributed by atoms with E-state index < -0.39 is 11.6 Å². The molecule has 0 radical (unpaired) electrons. The molecule has 0 aliphatic heterocycles. The average Bonchev–Trinajstić information content (AvgIpc) is 2.25. The van der Waals surface area contributed by atoms with E-state index in [-0.39, 0.29) is 6.54 Å². The fraction of sp³-hybridized carbons (Fsp3) is 0.364. The zero-order valence-corrected chi connectivity index (χ0v) is 10.7. The minimum absolute atomic E-state index is 0.0934. The van der Waals surface area contributed by atoms with Crippen LogP contribution in [0.5, 0.6) is 0 Å². The van der Waals surface area contributed by atoms with Gasteiger partial charge >= 0.3 is 5.97 Å². The van der Waals surface area contributed by atoms with E-state index in [1.54, 1.807) is 0 Å². The Kier molecular flexibility index (Phi) is 4.32. The lowest BCUT2D eigenvalue weighted by Crippen LogP contribution is -2.42. The molecule has 0 bridgehead atoms. The molecule has 4 nitrogen and oxygen atoms in total. The number of hydrogen-bond donors (Lipinski definition) is 2. The van der Waals surface area contributed by atoms with Crippen LogP contribution in [0.15, 0.2) is 28.7 Å². The number of esters is 1. The smallest absolute Gasteiger partial charge is 0.339 e. The summed E-state index contributed by atoms with van der Waals surface area (Å²) >= 11 is 3.33. The second-order valence-electron chi connectivity index (χ2n) is 3.63. The molecule has 88 valence electrons. The van der Waals surface area contributed by atoms with Gasteiger partial charge in [-0.1, -0.05) is 22.0 Å². The molecule has 1 rings (SSSR count). The van der Waals surface area contributed by atoms with Crippen LogP contribution in [0.25, 0.3) is 0 Å². The fourth-order valence-electron chi connectivity index (χ4n) is 1.16. The average molecular weight is 288 g/mol. The summed E-state index contributed by atoms with van der Waals surface area (Å²) in [5.41, 5.74) is -0.713. The minimum atomic E-state index is -1.53. The van der Waals surface area contributed by atoms with E-state index in [1.165, 1.54) is 14.0 Å². The molecule has 2 N–H and O–H groups in total. The topological polar surface area (TPSA) is 58.6 Å². The van der Waals surface area contributed by atoms with E-state index in [9.17, 15) is 9.90 Å². The van der Waals surface area contributed by atoms with Gasteiger partial charge in [-0.2, -0.15) is 0 Å². The van der Waals surface area contributed by atoms with Crippen molar-refractivity contribution in [2.75, 3.05) is 19.0 Å². The molecule has 0 fully saturated rings. The van der Waals surface area contributed by atoms with Crippen LogP contribution in [-0.4, -0.2) is 30.3 Å². The normalized spacial score (nSPS) is 14.0. The molecule has 1 unspecified atom stereocenters. The lowest BCUT2D eigenvalue weighted by molar-refractivity contribution is -0.158. The molecule has 0 aromatic heterocycles. The highest BCUT2D eigenvalue weighted by atomic mass is 79.9. The maximum absolute atomic E-state index is 11.2. The number of aliphatic hydroxyl groups is 1. The molecule has 0 aliphatic carbocycles. The maximum atomic E-state index is 11.2. The number of rotatable bonds is 4. The summed E-state index contributed by atoms with van der Waals surface area (Å²) in [7, 11) is 1.25. The van der Waals surface area contributed by atoms with Crippen molar-refractivity contribution in [3.05, 3.63) is 28.7 Å². The van der Waals surface area contributed by atoms with E-state index in [2.05, 4.69) is 26.0 Å². The Balaban J connectivity index is 2.61. The van der Waals surface area contributed by atoms with Crippen LogP contribution in [0.2, 0.25) is 0 Å². The summed E-state index contributed by atoms with van der Waals surface area (Å²) in [6, 6.07) is 7.45. The Labute approximate surface area is 103 Å². The molecule has 0 aliphatic rings. The first kappa shape index (κ1) is 13.0. The molecule has 0 saturated carbocycles. The van der Waals surface area contributed by atoms with E-state index in [1.807, 2.05) is 24.3 Å². The van der Waals surface area contributed by atoms with Gasteiger partial charge in [-0.15, -0.1) is 0 Å². The van der Waals surface area contributed by atoms with Crippen molar-refractivity contribution >= 4 is 27.6 Å². The molecular formula is C11H14BrNO3. The van der Waals surface area contributed by atoms with Crippen LogP contribution in [0, 0.1) is 0 Å². The van der Waals surface area contributed by atoms with Crippen LogP contribution in [0.1, 0.15) is 6.92 Å². The molecule has 0 saturated heterocycles. The number of anilines is 1. The highest BCUT2D eigenvalue weighted by Gasteiger charge is 2.30. The standard InChI is InChI=1S/C11H14BrNO3/c1-11(15,10(14)16-2)7-13-9-5-3-4-8(12)6-9/h3-6,13,15H,7H2,1-2H3. The Morgan fingerprint density at radius 2 is 2.31 bits per heavy atom. The van der Waals surface area contributed by atoms with Gasteiger partial charge < -0.3 is 15.2 Å². The molecule has 5 heteroatoms. The van der Waals surface area contributed by atoms with Crippen molar-refractivity contribution < 1.29 is 14.6 Å². The van der Waals surface area contributed by atoms with Crippen molar-refractivity contribution in [1.29, 1.82) is 0 Å². The van der Waals surface area contributed by atoms with Crippen LogP contribution in [0.3, 0.4) is 0 Å². The highest BCUT2D eigenvalue weighted by molar-refractivity contribution is 9.10. The molecule has 1 atom stereocenters. The van der Waals surface area contributed by atoms with Gasteiger partial charge in [-0.3, -0.25) is 0 Å². The summed E-state index contributed by atoms with van der Waals surface area (Å²) in [4.78, 5) is 11.2. The number of nitrogens with one attached hydrogen (secondary N) is 1. The van der Waals surface area contributed by atoms with Crippen molar-refractivity contribution in [3.8, 4) is 0 Å². The number of methoxy groups -OCH3 is 1. The minimum Gasteiger partial charge on any atom is -0.467 e. The zero-order chi connectivity index (χ0) is 12.2. The third kappa shape index (κ3) is 3.50. The predicted molar refractivity (Wildman–Crippen MR) is 65.3 cm³/mol. The lowest BCUT2D eigenvalue weighted by atomic mass is 10.1. The van der Waals surface area contributed by atoms with Gasteiger partial charge in [0.2, 0.25) is 0 Å². The summed E-state index contributed by atoms with van der Waals surface area (Å²) < 4.78 is 5.42. The van der Waals surface area contributed by atoms with Crippen LogP contribution < -0.4 is 5.32 Å². The first-order chi connectivity index (χ1) is 7.45. The third-order valence-corrected chi connectivity index (χ3v) is 2.58. The van der Waals surface area contributed by atoms with Crippen molar-refractivity contribution in [3.63, 3.8) is 0 Å². The van der Waals surface area contributed by atoms with Crippen molar-refractivity contribution in [2.45, 2.75) is 12.5 Å². The monoisotopic (exact) mass is 287 g/mol. The summed E-state index contributed by atoms with van der Waals surface area (Å²) in [6.45, 7) is 1.50. The molecule has 0 amide bonds.